The maximum Gasteiger partial charge on any atom is 0.269 e. The van der Waals surface area contributed by atoms with E-state index in [9.17, 15) is 14.9 Å². The van der Waals surface area contributed by atoms with Gasteiger partial charge in [0.05, 0.1) is 4.92 Å². The molecule has 0 fully saturated rings. The number of halogens is 1. The van der Waals surface area contributed by atoms with Crippen molar-refractivity contribution in [2.45, 2.75) is 6.54 Å². The number of non-ortho nitro benzene ring substituents is 1. The number of rotatable bonds is 4. The molecule has 7 heteroatoms. The van der Waals surface area contributed by atoms with Crippen LogP contribution in [0.15, 0.2) is 46.9 Å². The minimum Gasteiger partial charge on any atom is -0.398 e. The van der Waals surface area contributed by atoms with Crippen molar-refractivity contribution in [2.75, 3.05) is 5.73 Å². The third-order valence-electron chi connectivity index (χ3n) is 2.84. The Kier molecular flexibility index (Phi) is 4.54. The summed E-state index contributed by atoms with van der Waals surface area (Å²) in [6.45, 7) is 0.211. The molecule has 0 heterocycles. The fourth-order valence-corrected chi connectivity index (χ4v) is 2.11. The molecule has 1 amide bonds. The van der Waals surface area contributed by atoms with Gasteiger partial charge in [-0.25, -0.2) is 0 Å². The Hall–Kier alpha value is -2.41. The molecule has 0 bridgehead atoms. The van der Waals surface area contributed by atoms with Crippen LogP contribution in [-0.2, 0) is 6.54 Å². The highest BCUT2D eigenvalue weighted by Gasteiger charge is 2.09. The number of benzene rings is 2. The largest absolute Gasteiger partial charge is 0.398 e. The summed E-state index contributed by atoms with van der Waals surface area (Å²) in [7, 11) is 0. The van der Waals surface area contributed by atoms with E-state index in [4.69, 9.17) is 5.73 Å². The minimum atomic E-state index is -0.470. The standard InChI is InChI=1S/C14H12BrN3O3/c15-12-7-10(4-5-13(12)16)14(19)17-8-9-2-1-3-11(6-9)18(20)21/h1-7H,8,16H2,(H,17,19). The Balaban J connectivity index is 2.05. The summed E-state index contributed by atoms with van der Waals surface area (Å²) in [5, 5.41) is 13.4. The van der Waals surface area contributed by atoms with Crippen molar-refractivity contribution in [1.29, 1.82) is 0 Å². The van der Waals surface area contributed by atoms with E-state index < -0.39 is 4.92 Å². The van der Waals surface area contributed by atoms with Gasteiger partial charge < -0.3 is 11.1 Å². The average molecular weight is 350 g/mol. The van der Waals surface area contributed by atoms with E-state index in [0.29, 0.717) is 21.3 Å². The molecule has 0 aliphatic heterocycles. The number of nitro groups is 1. The fourth-order valence-electron chi connectivity index (χ4n) is 1.73. The van der Waals surface area contributed by atoms with Gasteiger partial charge in [0.15, 0.2) is 0 Å². The molecule has 0 spiro atoms. The number of hydrogen-bond donors (Lipinski definition) is 2. The normalized spacial score (nSPS) is 10.1. The molecule has 0 radical (unpaired) electrons. The molecule has 0 aliphatic rings. The van der Waals surface area contributed by atoms with Crippen LogP contribution in [0.2, 0.25) is 0 Å². The Bertz CT molecular complexity index is 704. The summed E-state index contributed by atoms with van der Waals surface area (Å²) in [4.78, 5) is 22.2. The lowest BCUT2D eigenvalue weighted by atomic mass is 10.1. The Morgan fingerprint density at radius 2 is 2.05 bits per heavy atom. The van der Waals surface area contributed by atoms with Gasteiger partial charge in [-0.2, -0.15) is 0 Å². The highest BCUT2D eigenvalue weighted by molar-refractivity contribution is 9.10. The van der Waals surface area contributed by atoms with Crippen molar-refractivity contribution in [3.05, 3.63) is 68.2 Å². The van der Waals surface area contributed by atoms with Crippen molar-refractivity contribution >= 4 is 33.2 Å². The Labute approximate surface area is 129 Å². The van der Waals surface area contributed by atoms with E-state index >= 15 is 0 Å². The van der Waals surface area contributed by atoms with Crippen LogP contribution in [0.1, 0.15) is 15.9 Å². The third-order valence-corrected chi connectivity index (χ3v) is 3.52. The minimum absolute atomic E-state index is 0.00280. The first kappa shape index (κ1) is 15.0. The number of carbonyl (C=O) groups excluding carboxylic acids is 1. The second-order valence-electron chi connectivity index (χ2n) is 4.35. The molecule has 108 valence electrons. The summed E-state index contributed by atoms with van der Waals surface area (Å²) in [6.07, 6.45) is 0. The summed E-state index contributed by atoms with van der Waals surface area (Å²) in [5.41, 5.74) is 7.32. The summed E-state index contributed by atoms with van der Waals surface area (Å²) in [5.74, 6) is -0.276. The number of hydrogen-bond acceptors (Lipinski definition) is 4. The van der Waals surface area contributed by atoms with Gasteiger partial charge in [0.2, 0.25) is 0 Å². The monoisotopic (exact) mass is 349 g/mol. The van der Waals surface area contributed by atoms with Crippen molar-refractivity contribution in [1.82, 2.24) is 5.32 Å². The maximum atomic E-state index is 12.0. The molecule has 0 unspecified atom stereocenters. The summed E-state index contributed by atoms with van der Waals surface area (Å²) in [6, 6.07) is 11.0. The molecule has 21 heavy (non-hydrogen) atoms. The number of anilines is 1. The SMILES string of the molecule is Nc1ccc(C(=O)NCc2cccc([N+](=O)[O-])c2)cc1Br. The number of nitrogens with one attached hydrogen (secondary N) is 1. The van der Waals surface area contributed by atoms with Crippen LogP contribution in [0.25, 0.3) is 0 Å². The van der Waals surface area contributed by atoms with Gasteiger partial charge in [0, 0.05) is 34.4 Å². The van der Waals surface area contributed by atoms with Crippen LogP contribution in [0.4, 0.5) is 11.4 Å². The zero-order chi connectivity index (χ0) is 15.4. The highest BCUT2D eigenvalue weighted by atomic mass is 79.9. The number of amides is 1. The molecule has 2 aromatic carbocycles. The van der Waals surface area contributed by atoms with Crippen LogP contribution < -0.4 is 11.1 Å². The first-order chi connectivity index (χ1) is 9.97. The summed E-state index contributed by atoms with van der Waals surface area (Å²) < 4.78 is 0.644. The van der Waals surface area contributed by atoms with Crippen molar-refractivity contribution in [2.24, 2.45) is 0 Å². The van der Waals surface area contributed by atoms with Crippen molar-refractivity contribution in [3.63, 3.8) is 0 Å². The molecule has 2 aromatic rings. The van der Waals surface area contributed by atoms with E-state index in [1.807, 2.05) is 0 Å². The molecule has 2 rings (SSSR count). The Morgan fingerprint density at radius 3 is 2.71 bits per heavy atom. The quantitative estimate of drug-likeness (QED) is 0.503. The van der Waals surface area contributed by atoms with Gasteiger partial charge in [0.1, 0.15) is 0 Å². The van der Waals surface area contributed by atoms with E-state index in [1.165, 1.54) is 12.1 Å². The van der Waals surface area contributed by atoms with Gasteiger partial charge in [-0.1, -0.05) is 12.1 Å². The van der Waals surface area contributed by atoms with Gasteiger partial charge >= 0.3 is 0 Å². The predicted octanol–water partition coefficient (Wildman–Crippen LogP) is 2.87. The second kappa shape index (κ2) is 6.36. The first-order valence-corrected chi connectivity index (χ1v) is 6.83. The molecule has 3 N–H and O–H groups in total. The molecule has 0 saturated carbocycles. The van der Waals surface area contributed by atoms with Gasteiger partial charge in [0.25, 0.3) is 11.6 Å². The van der Waals surface area contributed by atoms with Crippen LogP contribution in [0.3, 0.4) is 0 Å². The zero-order valence-corrected chi connectivity index (χ0v) is 12.5. The fraction of sp³-hybridized carbons (Fsp3) is 0.0714. The topological polar surface area (TPSA) is 98.3 Å². The van der Waals surface area contributed by atoms with E-state index in [-0.39, 0.29) is 18.1 Å². The van der Waals surface area contributed by atoms with Crippen LogP contribution in [0.5, 0.6) is 0 Å². The number of nitrogens with two attached hydrogens (primary N) is 1. The van der Waals surface area contributed by atoms with E-state index in [2.05, 4.69) is 21.2 Å². The Morgan fingerprint density at radius 1 is 1.29 bits per heavy atom. The van der Waals surface area contributed by atoms with Crippen molar-refractivity contribution in [3.8, 4) is 0 Å². The zero-order valence-electron chi connectivity index (χ0n) is 10.9. The van der Waals surface area contributed by atoms with E-state index in [0.717, 1.165) is 0 Å². The van der Waals surface area contributed by atoms with Crippen LogP contribution >= 0.6 is 15.9 Å². The van der Waals surface area contributed by atoms with Gasteiger partial charge in [-0.05, 0) is 39.7 Å². The van der Waals surface area contributed by atoms with Crippen LogP contribution in [-0.4, -0.2) is 10.8 Å². The predicted molar refractivity (Wildman–Crippen MR) is 82.8 cm³/mol. The summed E-state index contributed by atoms with van der Waals surface area (Å²) >= 11 is 3.26. The molecule has 0 aliphatic carbocycles. The molecular weight excluding hydrogens is 338 g/mol. The first-order valence-electron chi connectivity index (χ1n) is 6.04. The lowest BCUT2D eigenvalue weighted by molar-refractivity contribution is -0.384. The highest BCUT2D eigenvalue weighted by Crippen LogP contribution is 2.20. The lowest BCUT2D eigenvalue weighted by Crippen LogP contribution is -2.22. The molecule has 6 nitrogen and oxygen atoms in total. The number of carbonyl (C=O) groups is 1. The lowest BCUT2D eigenvalue weighted by Gasteiger charge is -2.07. The number of nitro benzene ring substituents is 1. The second-order valence-corrected chi connectivity index (χ2v) is 5.20. The number of nitrogens with zero attached hydrogens (tertiary/aromatic N) is 1. The molecule has 0 atom stereocenters. The van der Waals surface area contributed by atoms with Gasteiger partial charge in [-0.15, -0.1) is 0 Å². The smallest absolute Gasteiger partial charge is 0.269 e. The maximum absolute atomic E-state index is 12.0. The van der Waals surface area contributed by atoms with Crippen molar-refractivity contribution < 1.29 is 9.72 Å². The molecular formula is C14H12BrN3O3. The number of nitrogen functional groups attached to an aromatic ring is 1. The van der Waals surface area contributed by atoms with Crippen LogP contribution in [0, 0.1) is 10.1 Å². The average Bonchev–Trinajstić information content (AvgIpc) is 2.48. The molecule has 0 saturated heterocycles. The molecule has 0 aromatic heterocycles. The van der Waals surface area contributed by atoms with E-state index in [1.54, 1.807) is 30.3 Å². The van der Waals surface area contributed by atoms with Gasteiger partial charge in [-0.3, -0.25) is 14.9 Å². The third kappa shape index (κ3) is 3.79.